The number of rotatable bonds is 4. The van der Waals surface area contributed by atoms with Gasteiger partial charge in [-0.15, -0.1) is 11.8 Å². The van der Waals surface area contributed by atoms with E-state index in [1.54, 1.807) is 11.8 Å². The summed E-state index contributed by atoms with van der Waals surface area (Å²) in [7, 11) is 0. The summed E-state index contributed by atoms with van der Waals surface area (Å²) in [6, 6.07) is 7.90. The molecule has 0 spiro atoms. The van der Waals surface area contributed by atoms with Gasteiger partial charge in [0.25, 0.3) is 0 Å². The minimum Gasteiger partial charge on any atom is -0.309 e. The molecule has 0 aliphatic carbocycles. The lowest BCUT2D eigenvalue weighted by Gasteiger charge is -2.36. The van der Waals surface area contributed by atoms with E-state index in [0.29, 0.717) is 12.1 Å². The van der Waals surface area contributed by atoms with Crippen LogP contribution in [0.3, 0.4) is 0 Å². The van der Waals surface area contributed by atoms with Crippen molar-refractivity contribution in [1.82, 2.24) is 10.2 Å². The minimum atomic E-state index is -0.163. The molecular formula is C14H21FN2S. The molecule has 2 rings (SSSR count). The molecule has 2 atom stereocenters. The lowest BCUT2D eigenvalue weighted by Crippen LogP contribution is -2.54. The van der Waals surface area contributed by atoms with Gasteiger partial charge in [0.1, 0.15) is 5.82 Å². The van der Waals surface area contributed by atoms with Gasteiger partial charge in [-0.05, 0) is 38.1 Å². The van der Waals surface area contributed by atoms with Crippen molar-refractivity contribution in [2.24, 2.45) is 0 Å². The number of halogens is 1. The summed E-state index contributed by atoms with van der Waals surface area (Å²) in [4.78, 5) is 3.65. The van der Waals surface area contributed by atoms with Gasteiger partial charge in [0.2, 0.25) is 0 Å². The molecule has 1 aliphatic heterocycles. The zero-order valence-corrected chi connectivity index (χ0v) is 11.8. The molecule has 18 heavy (non-hydrogen) atoms. The van der Waals surface area contributed by atoms with Crippen LogP contribution in [-0.4, -0.2) is 42.4 Å². The highest BCUT2D eigenvalue weighted by Crippen LogP contribution is 2.18. The maximum atomic E-state index is 12.8. The molecular weight excluding hydrogens is 247 g/mol. The fourth-order valence-corrected chi connectivity index (χ4v) is 3.36. The van der Waals surface area contributed by atoms with Gasteiger partial charge in [0.15, 0.2) is 0 Å². The summed E-state index contributed by atoms with van der Waals surface area (Å²) >= 11 is 1.80. The molecule has 1 aliphatic rings. The van der Waals surface area contributed by atoms with E-state index in [1.807, 2.05) is 12.1 Å². The number of hydrogen-bond donors (Lipinski definition) is 1. The molecule has 1 saturated heterocycles. The third kappa shape index (κ3) is 4.26. The van der Waals surface area contributed by atoms with Gasteiger partial charge in [-0.25, -0.2) is 4.39 Å². The van der Waals surface area contributed by atoms with Crippen LogP contribution in [0.25, 0.3) is 0 Å². The number of nitrogens with one attached hydrogen (secondary N) is 1. The molecule has 0 bridgehead atoms. The molecule has 0 radical (unpaired) electrons. The van der Waals surface area contributed by atoms with Gasteiger partial charge in [0.05, 0.1) is 0 Å². The monoisotopic (exact) mass is 268 g/mol. The molecule has 0 amide bonds. The highest BCUT2D eigenvalue weighted by atomic mass is 32.2. The van der Waals surface area contributed by atoms with Crippen LogP contribution in [-0.2, 0) is 0 Å². The molecule has 2 nitrogen and oxygen atoms in total. The SMILES string of the molecule is CC1CN(CCSc2ccc(F)cc2)CC(C)N1. The molecule has 0 saturated carbocycles. The van der Waals surface area contributed by atoms with Crippen molar-refractivity contribution in [2.75, 3.05) is 25.4 Å². The first kappa shape index (κ1) is 13.8. The summed E-state index contributed by atoms with van der Waals surface area (Å²) in [6.45, 7) is 7.80. The first-order valence-electron chi connectivity index (χ1n) is 6.50. The second-order valence-electron chi connectivity index (χ2n) is 5.03. The molecule has 2 unspecified atom stereocenters. The van der Waals surface area contributed by atoms with Gasteiger partial charge < -0.3 is 5.32 Å². The maximum Gasteiger partial charge on any atom is 0.123 e. The van der Waals surface area contributed by atoms with Crippen LogP contribution < -0.4 is 5.32 Å². The van der Waals surface area contributed by atoms with Gasteiger partial charge >= 0.3 is 0 Å². The highest BCUT2D eigenvalue weighted by Gasteiger charge is 2.20. The second kappa shape index (κ2) is 6.55. The van der Waals surface area contributed by atoms with Crippen LogP contribution in [0.5, 0.6) is 0 Å². The summed E-state index contributed by atoms with van der Waals surface area (Å²) < 4.78 is 12.8. The summed E-state index contributed by atoms with van der Waals surface area (Å²) in [5.74, 6) is 0.898. The van der Waals surface area contributed by atoms with Crippen LogP contribution >= 0.6 is 11.8 Å². The highest BCUT2D eigenvalue weighted by molar-refractivity contribution is 7.99. The Labute approximate surface area is 113 Å². The zero-order chi connectivity index (χ0) is 13.0. The number of piperazine rings is 1. The van der Waals surface area contributed by atoms with E-state index in [2.05, 4.69) is 24.1 Å². The fraction of sp³-hybridized carbons (Fsp3) is 0.571. The van der Waals surface area contributed by atoms with Crippen molar-refractivity contribution in [3.63, 3.8) is 0 Å². The number of nitrogens with zero attached hydrogens (tertiary/aromatic N) is 1. The Balaban J connectivity index is 1.73. The smallest absolute Gasteiger partial charge is 0.123 e. The Hall–Kier alpha value is -0.580. The first-order chi connectivity index (χ1) is 8.63. The van der Waals surface area contributed by atoms with E-state index in [0.717, 1.165) is 30.3 Å². The zero-order valence-electron chi connectivity index (χ0n) is 11.0. The Morgan fingerprint density at radius 2 is 1.83 bits per heavy atom. The standard InChI is InChI=1S/C14H21FN2S/c1-11-9-17(10-12(2)16-11)7-8-18-14-5-3-13(15)4-6-14/h3-6,11-12,16H,7-10H2,1-2H3. The number of benzene rings is 1. The molecule has 100 valence electrons. The Kier molecular flexibility index (Phi) is 5.03. The van der Waals surface area contributed by atoms with Crippen LogP contribution in [0, 0.1) is 5.82 Å². The van der Waals surface area contributed by atoms with Crippen molar-refractivity contribution < 1.29 is 4.39 Å². The van der Waals surface area contributed by atoms with E-state index in [1.165, 1.54) is 12.1 Å². The Morgan fingerprint density at radius 1 is 1.22 bits per heavy atom. The Morgan fingerprint density at radius 3 is 2.44 bits per heavy atom. The average Bonchev–Trinajstić information content (AvgIpc) is 2.30. The van der Waals surface area contributed by atoms with Gasteiger partial charge in [-0.3, -0.25) is 4.90 Å². The van der Waals surface area contributed by atoms with Gasteiger partial charge in [-0.2, -0.15) is 0 Å². The van der Waals surface area contributed by atoms with Crippen molar-refractivity contribution in [3.8, 4) is 0 Å². The van der Waals surface area contributed by atoms with Crippen molar-refractivity contribution in [2.45, 2.75) is 30.8 Å². The van der Waals surface area contributed by atoms with E-state index < -0.39 is 0 Å². The van der Waals surface area contributed by atoms with Crippen LogP contribution in [0.15, 0.2) is 29.2 Å². The maximum absolute atomic E-state index is 12.8. The lowest BCUT2D eigenvalue weighted by molar-refractivity contribution is 0.183. The van der Waals surface area contributed by atoms with Gasteiger partial charge in [-0.1, -0.05) is 0 Å². The predicted molar refractivity (Wildman–Crippen MR) is 75.6 cm³/mol. The predicted octanol–water partition coefficient (Wildman–Crippen LogP) is 2.60. The molecule has 1 aromatic rings. The lowest BCUT2D eigenvalue weighted by atomic mass is 10.1. The van der Waals surface area contributed by atoms with Gasteiger partial charge in [0, 0.05) is 42.4 Å². The van der Waals surface area contributed by atoms with Crippen LogP contribution in [0.4, 0.5) is 4.39 Å². The normalized spacial score (nSPS) is 25.3. The molecule has 0 aromatic heterocycles. The quantitative estimate of drug-likeness (QED) is 0.845. The average molecular weight is 268 g/mol. The largest absolute Gasteiger partial charge is 0.309 e. The molecule has 1 fully saturated rings. The van der Waals surface area contributed by atoms with Crippen molar-refractivity contribution in [3.05, 3.63) is 30.1 Å². The van der Waals surface area contributed by atoms with Crippen LogP contribution in [0.1, 0.15) is 13.8 Å². The topological polar surface area (TPSA) is 15.3 Å². The third-order valence-corrected chi connectivity index (χ3v) is 4.12. The molecule has 1 aromatic carbocycles. The minimum absolute atomic E-state index is 0.163. The Bertz CT molecular complexity index is 359. The fourth-order valence-electron chi connectivity index (χ4n) is 2.45. The van der Waals surface area contributed by atoms with E-state index >= 15 is 0 Å². The molecule has 1 N–H and O–H groups in total. The number of hydrogen-bond acceptors (Lipinski definition) is 3. The van der Waals surface area contributed by atoms with Crippen molar-refractivity contribution >= 4 is 11.8 Å². The number of thioether (sulfide) groups is 1. The van der Waals surface area contributed by atoms with E-state index in [-0.39, 0.29) is 5.82 Å². The van der Waals surface area contributed by atoms with Crippen LogP contribution in [0.2, 0.25) is 0 Å². The third-order valence-electron chi connectivity index (χ3n) is 3.12. The summed E-state index contributed by atoms with van der Waals surface area (Å²) in [6.07, 6.45) is 0. The van der Waals surface area contributed by atoms with E-state index in [9.17, 15) is 4.39 Å². The summed E-state index contributed by atoms with van der Waals surface area (Å²) in [5.41, 5.74) is 0. The molecule has 4 heteroatoms. The first-order valence-corrected chi connectivity index (χ1v) is 7.49. The van der Waals surface area contributed by atoms with E-state index in [4.69, 9.17) is 0 Å². The summed E-state index contributed by atoms with van der Waals surface area (Å²) in [5, 5.41) is 3.53. The second-order valence-corrected chi connectivity index (χ2v) is 6.20. The van der Waals surface area contributed by atoms with Crippen molar-refractivity contribution in [1.29, 1.82) is 0 Å². The molecule has 1 heterocycles.